The molecule has 0 bridgehead atoms. The fraction of sp³-hybridized carbons (Fsp3) is 0.533. The Kier molecular flexibility index (Phi) is 5.27. The van der Waals surface area contributed by atoms with E-state index in [-0.39, 0.29) is 17.7 Å². The lowest BCUT2D eigenvalue weighted by molar-refractivity contribution is -0.133. The van der Waals surface area contributed by atoms with Crippen LogP contribution in [0.2, 0.25) is 0 Å². The predicted octanol–water partition coefficient (Wildman–Crippen LogP) is 0.787. The van der Waals surface area contributed by atoms with Crippen LogP contribution in [0.3, 0.4) is 0 Å². The van der Waals surface area contributed by atoms with Crippen molar-refractivity contribution >= 4 is 17.6 Å². The van der Waals surface area contributed by atoms with Gasteiger partial charge in [-0.2, -0.15) is 0 Å². The first-order valence-corrected chi connectivity index (χ1v) is 7.26. The van der Waals surface area contributed by atoms with Gasteiger partial charge >= 0.3 is 0 Å². The highest BCUT2D eigenvalue weighted by molar-refractivity contribution is 5.92. The van der Waals surface area contributed by atoms with Crippen LogP contribution in [0.15, 0.2) is 18.3 Å². The van der Waals surface area contributed by atoms with Crippen LogP contribution in [0.1, 0.15) is 18.4 Å². The Hall–Kier alpha value is -1.95. The van der Waals surface area contributed by atoms with Gasteiger partial charge in [-0.25, -0.2) is 4.98 Å². The number of carbonyl (C=O) groups is 2. The molecule has 21 heavy (non-hydrogen) atoms. The van der Waals surface area contributed by atoms with E-state index < -0.39 is 0 Å². The smallest absolute Gasteiger partial charge is 0.236 e. The molecular weight excluding hydrogens is 268 g/mol. The zero-order valence-electron chi connectivity index (χ0n) is 12.6. The molecule has 2 rings (SSSR count). The number of carbonyl (C=O) groups excluding carboxylic acids is 2. The van der Waals surface area contributed by atoms with Crippen LogP contribution >= 0.6 is 0 Å². The summed E-state index contributed by atoms with van der Waals surface area (Å²) < 4.78 is 0. The summed E-state index contributed by atoms with van der Waals surface area (Å²) in [6.45, 7) is 3.48. The number of nitrogens with one attached hydrogen (secondary N) is 2. The number of aryl methyl sites for hydroxylation is 1. The molecule has 1 aromatic heterocycles. The molecule has 114 valence electrons. The highest BCUT2D eigenvalue weighted by Gasteiger charge is 2.28. The van der Waals surface area contributed by atoms with Crippen molar-refractivity contribution in [2.45, 2.75) is 19.8 Å². The van der Waals surface area contributed by atoms with E-state index in [0.29, 0.717) is 18.9 Å². The summed E-state index contributed by atoms with van der Waals surface area (Å²) in [4.78, 5) is 30.1. The third-order valence-corrected chi connectivity index (χ3v) is 3.64. The van der Waals surface area contributed by atoms with Crippen LogP contribution in [0.5, 0.6) is 0 Å². The molecule has 2 N–H and O–H groups in total. The number of pyridine rings is 1. The number of rotatable bonds is 4. The molecule has 0 aliphatic carbocycles. The summed E-state index contributed by atoms with van der Waals surface area (Å²) in [5.74, 6) is 0.378. The molecule has 1 atom stereocenters. The first-order chi connectivity index (χ1) is 10.1. The predicted molar refractivity (Wildman–Crippen MR) is 80.8 cm³/mol. The number of hydrogen-bond donors (Lipinski definition) is 2. The Labute approximate surface area is 124 Å². The fourth-order valence-electron chi connectivity index (χ4n) is 2.45. The van der Waals surface area contributed by atoms with E-state index in [0.717, 1.165) is 24.9 Å². The number of amides is 2. The Bertz CT molecular complexity index is 501. The van der Waals surface area contributed by atoms with Crippen molar-refractivity contribution in [1.29, 1.82) is 0 Å². The SMILES string of the molecule is CNCC(=O)N1CCCC(C(=O)Nc2ccc(C)cn2)C1. The molecule has 1 aliphatic rings. The summed E-state index contributed by atoms with van der Waals surface area (Å²) in [6, 6.07) is 3.70. The van der Waals surface area contributed by atoms with E-state index in [1.807, 2.05) is 13.0 Å². The van der Waals surface area contributed by atoms with Crippen molar-refractivity contribution in [3.05, 3.63) is 23.9 Å². The van der Waals surface area contributed by atoms with Crippen LogP contribution in [0, 0.1) is 12.8 Å². The second-order valence-corrected chi connectivity index (χ2v) is 5.42. The average Bonchev–Trinajstić information content (AvgIpc) is 2.50. The van der Waals surface area contributed by atoms with Crippen molar-refractivity contribution in [3.63, 3.8) is 0 Å². The molecule has 2 heterocycles. The molecule has 1 aromatic rings. The minimum absolute atomic E-state index is 0.0449. The van der Waals surface area contributed by atoms with Gasteiger partial charge in [0.15, 0.2) is 0 Å². The molecule has 1 unspecified atom stereocenters. The number of anilines is 1. The summed E-state index contributed by atoms with van der Waals surface area (Å²) in [7, 11) is 1.75. The summed E-state index contributed by atoms with van der Waals surface area (Å²) in [5.41, 5.74) is 1.05. The Balaban J connectivity index is 1.92. The highest BCUT2D eigenvalue weighted by Crippen LogP contribution is 2.18. The highest BCUT2D eigenvalue weighted by atomic mass is 16.2. The number of aromatic nitrogens is 1. The molecule has 1 fully saturated rings. The van der Waals surface area contributed by atoms with E-state index in [4.69, 9.17) is 0 Å². The van der Waals surface area contributed by atoms with E-state index in [2.05, 4.69) is 15.6 Å². The quantitative estimate of drug-likeness (QED) is 0.859. The van der Waals surface area contributed by atoms with Gasteiger partial charge in [0, 0.05) is 19.3 Å². The molecule has 6 nitrogen and oxygen atoms in total. The van der Waals surface area contributed by atoms with Crippen LogP contribution in [-0.2, 0) is 9.59 Å². The lowest BCUT2D eigenvalue weighted by atomic mass is 9.97. The number of hydrogen-bond acceptors (Lipinski definition) is 4. The van der Waals surface area contributed by atoms with Crippen molar-refractivity contribution in [3.8, 4) is 0 Å². The molecule has 0 spiro atoms. The molecular formula is C15H22N4O2. The minimum Gasteiger partial charge on any atom is -0.341 e. The van der Waals surface area contributed by atoms with Gasteiger partial charge in [0.1, 0.15) is 5.82 Å². The second-order valence-electron chi connectivity index (χ2n) is 5.42. The van der Waals surface area contributed by atoms with Gasteiger partial charge in [-0.1, -0.05) is 6.07 Å². The van der Waals surface area contributed by atoms with Crippen molar-refractivity contribution in [1.82, 2.24) is 15.2 Å². The van der Waals surface area contributed by atoms with Gasteiger partial charge in [-0.15, -0.1) is 0 Å². The minimum atomic E-state index is -0.164. The molecule has 0 radical (unpaired) electrons. The van der Waals surface area contributed by atoms with Crippen molar-refractivity contribution in [2.24, 2.45) is 5.92 Å². The van der Waals surface area contributed by atoms with Crippen molar-refractivity contribution < 1.29 is 9.59 Å². The molecule has 6 heteroatoms. The van der Waals surface area contributed by atoms with Crippen LogP contribution < -0.4 is 10.6 Å². The average molecular weight is 290 g/mol. The van der Waals surface area contributed by atoms with Gasteiger partial charge < -0.3 is 15.5 Å². The standard InChI is InChI=1S/C15H22N4O2/c1-11-5-6-13(17-8-11)18-15(21)12-4-3-7-19(10-12)14(20)9-16-2/h5-6,8,12,16H,3-4,7,9-10H2,1-2H3,(H,17,18,21). The number of likely N-dealkylation sites (N-methyl/N-ethyl adjacent to an activating group) is 1. The van der Waals surface area contributed by atoms with E-state index >= 15 is 0 Å². The third kappa shape index (κ3) is 4.26. The van der Waals surface area contributed by atoms with Gasteiger partial charge in [0.25, 0.3) is 0 Å². The Morgan fingerprint density at radius 2 is 2.24 bits per heavy atom. The van der Waals surface area contributed by atoms with Crippen LogP contribution in [0.4, 0.5) is 5.82 Å². The maximum Gasteiger partial charge on any atom is 0.236 e. The van der Waals surface area contributed by atoms with Crippen LogP contribution in [0.25, 0.3) is 0 Å². The van der Waals surface area contributed by atoms with Gasteiger partial charge in [-0.05, 0) is 38.4 Å². The molecule has 0 saturated carbocycles. The lowest BCUT2D eigenvalue weighted by Crippen LogP contribution is -2.46. The summed E-state index contributed by atoms with van der Waals surface area (Å²) >= 11 is 0. The first-order valence-electron chi connectivity index (χ1n) is 7.26. The monoisotopic (exact) mass is 290 g/mol. The largest absolute Gasteiger partial charge is 0.341 e. The number of likely N-dealkylation sites (tertiary alicyclic amines) is 1. The van der Waals surface area contributed by atoms with E-state index in [1.165, 1.54) is 0 Å². The maximum absolute atomic E-state index is 12.3. The Morgan fingerprint density at radius 1 is 1.43 bits per heavy atom. The maximum atomic E-state index is 12.3. The van der Waals surface area contributed by atoms with Crippen molar-refractivity contribution in [2.75, 3.05) is 32.0 Å². The topological polar surface area (TPSA) is 74.3 Å². The zero-order chi connectivity index (χ0) is 15.2. The van der Waals surface area contributed by atoms with E-state index in [1.54, 1.807) is 24.2 Å². The van der Waals surface area contributed by atoms with Gasteiger partial charge in [0.05, 0.1) is 12.5 Å². The van der Waals surface area contributed by atoms with E-state index in [9.17, 15) is 9.59 Å². The normalized spacial score (nSPS) is 18.4. The number of piperidine rings is 1. The molecule has 1 aliphatic heterocycles. The summed E-state index contributed by atoms with van der Waals surface area (Å²) in [5, 5.41) is 5.68. The number of nitrogens with zero attached hydrogens (tertiary/aromatic N) is 2. The van der Waals surface area contributed by atoms with Crippen LogP contribution in [-0.4, -0.2) is 48.4 Å². The second kappa shape index (κ2) is 7.17. The first kappa shape index (κ1) is 15.4. The summed E-state index contributed by atoms with van der Waals surface area (Å²) in [6.07, 6.45) is 3.38. The third-order valence-electron chi connectivity index (χ3n) is 3.64. The fourth-order valence-corrected chi connectivity index (χ4v) is 2.45. The Morgan fingerprint density at radius 3 is 2.90 bits per heavy atom. The zero-order valence-corrected chi connectivity index (χ0v) is 12.6. The van der Waals surface area contributed by atoms with Gasteiger partial charge in [0.2, 0.25) is 11.8 Å². The van der Waals surface area contributed by atoms with Gasteiger partial charge in [-0.3, -0.25) is 9.59 Å². The molecule has 2 amide bonds. The molecule has 0 aromatic carbocycles. The molecule has 1 saturated heterocycles. The lowest BCUT2D eigenvalue weighted by Gasteiger charge is -2.32.